The van der Waals surface area contributed by atoms with Crippen LogP contribution in [-0.4, -0.2) is 14.8 Å². The van der Waals surface area contributed by atoms with Crippen LogP contribution in [-0.2, 0) is 19.5 Å². The molecule has 0 amide bonds. The number of aromatic nitrogens is 3. The monoisotopic (exact) mass is 256 g/mol. The van der Waals surface area contributed by atoms with Gasteiger partial charge in [-0.25, -0.2) is 9.67 Å². The van der Waals surface area contributed by atoms with E-state index in [1.165, 1.54) is 24.8 Å². The Kier molecular flexibility index (Phi) is 3.49. The zero-order valence-electron chi connectivity index (χ0n) is 11.4. The van der Waals surface area contributed by atoms with Crippen molar-refractivity contribution in [3.8, 4) is 0 Å². The lowest BCUT2D eigenvalue weighted by molar-refractivity contribution is 0.570. The molecule has 0 saturated carbocycles. The van der Waals surface area contributed by atoms with Gasteiger partial charge in [-0.05, 0) is 31.4 Å². The summed E-state index contributed by atoms with van der Waals surface area (Å²) in [5.41, 5.74) is 2.41. The topological polar surface area (TPSA) is 42.7 Å². The van der Waals surface area contributed by atoms with E-state index in [0.29, 0.717) is 6.54 Å². The highest BCUT2D eigenvalue weighted by atomic mass is 15.4. The van der Waals surface area contributed by atoms with Crippen LogP contribution in [0.25, 0.3) is 0 Å². The van der Waals surface area contributed by atoms with Crippen LogP contribution < -0.4 is 5.32 Å². The maximum atomic E-state index is 4.64. The van der Waals surface area contributed by atoms with Gasteiger partial charge in [0.15, 0.2) is 5.82 Å². The van der Waals surface area contributed by atoms with E-state index in [-0.39, 0.29) is 0 Å². The van der Waals surface area contributed by atoms with Gasteiger partial charge in [-0.3, -0.25) is 0 Å². The van der Waals surface area contributed by atoms with Gasteiger partial charge in [0.2, 0.25) is 0 Å². The van der Waals surface area contributed by atoms with E-state index in [1.807, 2.05) is 6.07 Å². The smallest absolute Gasteiger partial charge is 0.169 e. The fourth-order valence-electron chi connectivity index (χ4n) is 2.53. The minimum atomic E-state index is 0.699. The number of hydrogen-bond acceptors (Lipinski definition) is 3. The first kappa shape index (κ1) is 12.2. The summed E-state index contributed by atoms with van der Waals surface area (Å²) in [5.74, 6) is 2.05. The van der Waals surface area contributed by atoms with E-state index in [0.717, 1.165) is 30.3 Å². The molecule has 19 heavy (non-hydrogen) atoms. The third-order valence-electron chi connectivity index (χ3n) is 3.64. The maximum Gasteiger partial charge on any atom is 0.169 e. The highest BCUT2D eigenvalue weighted by molar-refractivity contribution is 5.50. The molecule has 1 aliphatic heterocycles. The largest absolute Gasteiger partial charge is 0.377 e. The number of fused-ring (bicyclic) bond motifs is 1. The van der Waals surface area contributed by atoms with Gasteiger partial charge >= 0.3 is 0 Å². The fraction of sp³-hybridized carbons (Fsp3) is 0.467. The van der Waals surface area contributed by atoms with E-state index < -0.39 is 0 Å². The summed E-state index contributed by atoms with van der Waals surface area (Å²) in [5, 5.41) is 8.01. The highest BCUT2D eigenvalue weighted by Crippen LogP contribution is 2.15. The summed E-state index contributed by atoms with van der Waals surface area (Å²) in [6, 6.07) is 8.30. The summed E-state index contributed by atoms with van der Waals surface area (Å²) >= 11 is 0. The van der Waals surface area contributed by atoms with Gasteiger partial charge in [0.05, 0.1) is 6.54 Å². The SMILES string of the molecule is Cc1ccccc1NCc1nc2n(n1)CCCCC2. The van der Waals surface area contributed by atoms with Gasteiger partial charge in [-0.1, -0.05) is 24.6 Å². The number of nitrogens with zero attached hydrogens (tertiary/aromatic N) is 3. The fourth-order valence-corrected chi connectivity index (χ4v) is 2.53. The lowest BCUT2D eigenvalue weighted by atomic mass is 10.2. The van der Waals surface area contributed by atoms with E-state index in [9.17, 15) is 0 Å². The summed E-state index contributed by atoms with van der Waals surface area (Å²) in [4.78, 5) is 4.64. The average molecular weight is 256 g/mol. The van der Waals surface area contributed by atoms with Gasteiger partial charge in [-0.15, -0.1) is 0 Å². The molecule has 1 aliphatic rings. The zero-order valence-corrected chi connectivity index (χ0v) is 11.4. The van der Waals surface area contributed by atoms with Gasteiger partial charge in [0.1, 0.15) is 5.82 Å². The number of rotatable bonds is 3. The molecule has 2 aromatic rings. The molecule has 4 heteroatoms. The summed E-state index contributed by atoms with van der Waals surface area (Å²) in [7, 11) is 0. The summed E-state index contributed by atoms with van der Waals surface area (Å²) in [6.07, 6.45) is 4.82. The molecule has 0 fully saturated rings. The maximum absolute atomic E-state index is 4.64. The third kappa shape index (κ3) is 2.78. The van der Waals surface area contributed by atoms with Crippen molar-refractivity contribution in [2.45, 2.75) is 45.7 Å². The standard InChI is InChI=1S/C15H20N4/c1-12-7-4-5-8-13(12)16-11-14-17-15-9-3-2-6-10-19(15)18-14/h4-5,7-8,16H,2-3,6,9-11H2,1H3. The molecule has 0 aliphatic carbocycles. The first-order valence-corrected chi connectivity index (χ1v) is 7.05. The number of anilines is 1. The Hall–Kier alpha value is -1.84. The van der Waals surface area contributed by atoms with Crippen LogP contribution in [0.5, 0.6) is 0 Å². The van der Waals surface area contributed by atoms with Crippen molar-refractivity contribution in [2.75, 3.05) is 5.32 Å². The van der Waals surface area contributed by atoms with Crippen LogP contribution in [0.15, 0.2) is 24.3 Å². The van der Waals surface area contributed by atoms with Gasteiger partial charge in [-0.2, -0.15) is 5.10 Å². The number of nitrogens with one attached hydrogen (secondary N) is 1. The molecule has 1 N–H and O–H groups in total. The van der Waals surface area contributed by atoms with Crippen LogP contribution >= 0.6 is 0 Å². The Bertz CT molecular complexity index is 536. The van der Waals surface area contributed by atoms with Crippen LogP contribution in [0, 0.1) is 6.92 Å². The Morgan fingerprint density at radius 3 is 3.00 bits per heavy atom. The first-order chi connectivity index (χ1) is 9.33. The van der Waals surface area contributed by atoms with Crippen molar-refractivity contribution in [1.29, 1.82) is 0 Å². The molecule has 3 rings (SSSR count). The molecule has 0 atom stereocenters. The second-order valence-corrected chi connectivity index (χ2v) is 5.15. The van der Waals surface area contributed by atoms with Crippen LogP contribution in [0.2, 0.25) is 0 Å². The number of hydrogen-bond donors (Lipinski definition) is 1. The number of aryl methyl sites for hydroxylation is 3. The van der Waals surface area contributed by atoms with Crippen molar-refractivity contribution in [1.82, 2.24) is 14.8 Å². The molecule has 2 heterocycles. The van der Waals surface area contributed by atoms with Crippen LogP contribution in [0.1, 0.15) is 36.5 Å². The van der Waals surface area contributed by atoms with Gasteiger partial charge < -0.3 is 5.32 Å². The predicted octanol–water partition coefficient (Wildman–Crippen LogP) is 2.93. The van der Waals surface area contributed by atoms with Crippen molar-refractivity contribution < 1.29 is 0 Å². The van der Waals surface area contributed by atoms with Crippen molar-refractivity contribution in [3.63, 3.8) is 0 Å². The molecule has 0 bridgehead atoms. The Balaban J connectivity index is 1.69. The predicted molar refractivity (Wildman–Crippen MR) is 76.1 cm³/mol. The normalized spacial score (nSPS) is 14.8. The molecular weight excluding hydrogens is 236 g/mol. The third-order valence-corrected chi connectivity index (χ3v) is 3.64. The van der Waals surface area contributed by atoms with E-state index >= 15 is 0 Å². The van der Waals surface area contributed by atoms with Crippen LogP contribution in [0.3, 0.4) is 0 Å². The highest BCUT2D eigenvalue weighted by Gasteiger charge is 2.12. The Labute approximate surface area is 113 Å². The molecule has 4 nitrogen and oxygen atoms in total. The minimum absolute atomic E-state index is 0.699. The quantitative estimate of drug-likeness (QED) is 0.918. The van der Waals surface area contributed by atoms with Crippen molar-refractivity contribution >= 4 is 5.69 Å². The molecule has 0 radical (unpaired) electrons. The molecule has 0 unspecified atom stereocenters. The van der Waals surface area contributed by atoms with E-state index in [4.69, 9.17) is 0 Å². The molecule has 0 spiro atoms. The zero-order chi connectivity index (χ0) is 13.1. The van der Waals surface area contributed by atoms with E-state index in [1.54, 1.807) is 0 Å². The van der Waals surface area contributed by atoms with Crippen molar-refractivity contribution in [3.05, 3.63) is 41.5 Å². The summed E-state index contributed by atoms with van der Waals surface area (Å²) in [6.45, 7) is 3.83. The molecular formula is C15H20N4. The molecule has 100 valence electrons. The van der Waals surface area contributed by atoms with E-state index in [2.05, 4.69) is 45.2 Å². The lowest BCUT2D eigenvalue weighted by Gasteiger charge is -2.06. The van der Waals surface area contributed by atoms with Gasteiger partial charge in [0, 0.05) is 18.7 Å². The summed E-state index contributed by atoms with van der Waals surface area (Å²) < 4.78 is 2.09. The molecule has 1 aromatic heterocycles. The Morgan fingerprint density at radius 1 is 1.21 bits per heavy atom. The second-order valence-electron chi connectivity index (χ2n) is 5.15. The lowest BCUT2D eigenvalue weighted by Crippen LogP contribution is -2.05. The number of benzene rings is 1. The number of para-hydroxylation sites is 1. The van der Waals surface area contributed by atoms with Crippen molar-refractivity contribution in [2.24, 2.45) is 0 Å². The first-order valence-electron chi connectivity index (χ1n) is 7.05. The second kappa shape index (κ2) is 5.43. The molecule has 0 saturated heterocycles. The average Bonchev–Trinajstić information content (AvgIpc) is 2.68. The minimum Gasteiger partial charge on any atom is -0.377 e. The Morgan fingerprint density at radius 2 is 2.11 bits per heavy atom. The van der Waals surface area contributed by atoms with Crippen LogP contribution in [0.4, 0.5) is 5.69 Å². The molecule has 1 aromatic carbocycles. The van der Waals surface area contributed by atoms with Gasteiger partial charge in [0.25, 0.3) is 0 Å².